The second-order valence-corrected chi connectivity index (χ2v) is 3.98. The SMILES string of the molecule is OC(=S)Cc1ccc(Oc2cccnc2)cc1. The Bertz CT molecular complexity index is 497. The van der Waals surface area contributed by atoms with Crippen molar-refractivity contribution in [3.63, 3.8) is 0 Å². The molecule has 0 spiro atoms. The highest BCUT2D eigenvalue weighted by atomic mass is 32.1. The van der Waals surface area contributed by atoms with Gasteiger partial charge in [-0.15, -0.1) is 0 Å². The maximum Gasteiger partial charge on any atom is 0.160 e. The van der Waals surface area contributed by atoms with Crippen molar-refractivity contribution in [3.05, 3.63) is 54.4 Å². The summed E-state index contributed by atoms with van der Waals surface area (Å²) in [6, 6.07) is 11.1. The van der Waals surface area contributed by atoms with Gasteiger partial charge in [0, 0.05) is 12.6 Å². The van der Waals surface area contributed by atoms with Gasteiger partial charge in [0.2, 0.25) is 0 Å². The summed E-state index contributed by atoms with van der Waals surface area (Å²) >= 11 is 4.63. The Kier molecular flexibility index (Phi) is 3.67. The van der Waals surface area contributed by atoms with Crippen molar-refractivity contribution in [1.82, 2.24) is 4.98 Å². The van der Waals surface area contributed by atoms with E-state index in [0.29, 0.717) is 12.2 Å². The molecule has 0 aliphatic carbocycles. The molecule has 0 atom stereocenters. The van der Waals surface area contributed by atoms with Crippen molar-refractivity contribution < 1.29 is 9.84 Å². The average Bonchev–Trinajstić information content (AvgIpc) is 2.32. The zero-order valence-corrected chi connectivity index (χ0v) is 9.85. The van der Waals surface area contributed by atoms with Gasteiger partial charge in [-0.2, -0.15) is 0 Å². The van der Waals surface area contributed by atoms with Crippen molar-refractivity contribution >= 4 is 17.3 Å². The number of benzene rings is 1. The van der Waals surface area contributed by atoms with Gasteiger partial charge in [-0.05, 0) is 42.0 Å². The first kappa shape index (κ1) is 11.5. The number of ether oxygens (including phenoxy) is 1. The van der Waals surface area contributed by atoms with E-state index in [9.17, 15) is 0 Å². The van der Waals surface area contributed by atoms with Crippen LogP contribution in [0.1, 0.15) is 5.56 Å². The predicted molar refractivity (Wildman–Crippen MR) is 69.7 cm³/mol. The van der Waals surface area contributed by atoms with Crippen molar-refractivity contribution in [2.24, 2.45) is 0 Å². The van der Waals surface area contributed by atoms with Crippen molar-refractivity contribution in [2.45, 2.75) is 6.42 Å². The molecular weight excluding hydrogens is 234 g/mol. The van der Waals surface area contributed by atoms with Gasteiger partial charge in [-0.1, -0.05) is 12.1 Å². The van der Waals surface area contributed by atoms with Gasteiger partial charge < -0.3 is 9.84 Å². The molecule has 0 fully saturated rings. The lowest BCUT2D eigenvalue weighted by Gasteiger charge is -2.05. The summed E-state index contributed by atoms with van der Waals surface area (Å²) in [5, 5.41) is 8.99. The molecular formula is C13H11NO2S. The lowest BCUT2D eigenvalue weighted by molar-refractivity contribution is 0.480. The number of nitrogens with zero attached hydrogens (tertiary/aromatic N) is 1. The molecule has 0 saturated carbocycles. The fourth-order valence-electron chi connectivity index (χ4n) is 1.39. The molecule has 0 aliphatic rings. The third kappa shape index (κ3) is 3.53. The molecule has 1 aromatic heterocycles. The van der Waals surface area contributed by atoms with Gasteiger partial charge in [0.1, 0.15) is 11.5 Å². The molecule has 0 radical (unpaired) electrons. The molecule has 2 rings (SSSR count). The average molecular weight is 245 g/mol. The number of pyridine rings is 1. The van der Waals surface area contributed by atoms with Gasteiger partial charge in [0.25, 0.3) is 0 Å². The maximum atomic E-state index is 9.00. The number of aliphatic hydroxyl groups is 1. The van der Waals surface area contributed by atoms with Gasteiger partial charge in [0.05, 0.1) is 6.20 Å². The maximum absolute atomic E-state index is 9.00. The minimum absolute atomic E-state index is 0.00840. The normalized spacial score (nSPS) is 9.88. The van der Waals surface area contributed by atoms with Crippen LogP contribution in [0.15, 0.2) is 48.8 Å². The first-order chi connectivity index (χ1) is 8.24. The Morgan fingerprint density at radius 2 is 1.94 bits per heavy atom. The van der Waals surface area contributed by atoms with E-state index in [1.807, 2.05) is 36.4 Å². The number of thiocarbonyl (C=S) groups is 1. The van der Waals surface area contributed by atoms with E-state index in [1.165, 1.54) is 0 Å². The topological polar surface area (TPSA) is 42.4 Å². The Morgan fingerprint density at radius 1 is 1.18 bits per heavy atom. The first-order valence-electron chi connectivity index (χ1n) is 5.12. The van der Waals surface area contributed by atoms with Crippen LogP contribution in [0.2, 0.25) is 0 Å². The van der Waals surface area contributed by atoms with Gasteiger partial charge >= 0.3 is 0 Å². The second kappa shape index (κ2) is 5.41. The number of hydrogen-bond donors (Lipinski definition) is 1. The predicted octanol–water partition coefficient (Wildman–Crippen LogP) is 3.30. The molecule has 1 heterocycles. The number of aliphatic hydroxyl groups excluding tert-OH is 1. The Hall–Kier alpha value is -1.94. The molecule has 1 aromatic carbocycles. The van der Waals surface area contributed by atoms with E-state index in [0.717, 1.165) is 11.3 Å². The highest BCUT2D eigenvalue weighted by molar-refractivity contribution is 7.80. The molecule has 2 aromatic rings. The molecule has 86 valence electrons. The molecule has 0 amide bonds. The summed E-state index contributed by atoms with van der Waals surface area (Å²) in [6.07, 6.45) is 3.73. The molecule has 4 heteroatoms. The Labute approximate surface area is 105 Å². The van der Waals surface area contributed by atoms with E-state index in [2.05, 4.69) is 17.2 Å². The van der Waals surface area contributed by atoms with E-state index in [-0.39, 0.29) is 5.05 Å². The molecule has 0 unspecified atom stereocenters. The lowest BCUT2D eigenvalue weighted by atomic mass is 10.1. The van der Waals surface area contributed by atoms with Crippen molar-refractivity contribution in [1.29, 1.82) is 0 Å². The molecule has 17 heavy (non-hydrogen) atoms. The molecule has 3 nitrogen and oxygen atoms in total. The summed E-state index contributed by atoms with van der Waals surface area (Å²) in [7, 11) is 0. The van der Waals surface area contributed by atoms with Crippen LogP contribution >= 0.6 is 12.2 Å². The number of rotatable bonds is 4. The highest BCUT2D eigenvalue weighted by Gasteiger charge is 1.99. The minimum Gasteiger partial charge on any atom is -0.502 e. The van der Waals surface area contributed by atoms with E-state index in [4.69, 9.17) is 9.84 Å². The van der Waals surface area contributed by atoms with Crippen molar-refractivity contribution in [3.8, 4) is 11.5 Å². The van der Waals surface area contributed by atoms with Gasteiger partial charge in [-0.25, -0.2) is 0 Å². The number of hydrogen-bond acceptors (Lipinski definition) is 3. The quantitative estimate of drug-likeness (QED) is 0.839. The van der Waals surface area contributed by atoms with Crippen molar-refractivity contribution in [2.75, 3.05) is 0 Å². The Morgan fingerprint density at radius 3 is 2.53 bits per heavy atom. The third-order valence-corrected chi connectivity index (χ3v) is 2.29. The minimum atomic E-state index is -0.00840. The number of aromatic nitrogens is 1. The fraction of sp³-hybridized carbons (Fsp3) is 0.0769. The van der Waals surface area contributed by atoms with Crippen LogP contribution in [0.5, 0.6) is 11.5 Å². The van der Waals surface area contributed by atoms with Crippen LogP contribution in [-0.4, -0.2) is 15.1 Å². The summed E-state index contributed by atoms with van der Waals surface area (Å²) in [5.74, 6) is 1.42. The molecule has 1 N–H and O–H groups in total. The summed E-state index contributed by atoms with van der Waals surface area (Å²) in [6.45, 7) is 0. The van der Waals surface area contributed by atoms with Crippen LogP contribution < -0.4 is 4.74 Å². The summed E-state index contributed by atoms with van der Waals surface area (Å²) in [5.41, 5.74) is 0.955. The van der Waals surface area contributed by atoms with Crippen LogP contribution in [0.4, 0.5) is 0 Å². The fourth-order valence-corrected chi connectivity index (χ4v) is 1.56. The molecule has 0 aliphatic heterocycles. The second-order valence-electron chi connectivity index (χ2n) is 3.51. The van der Waals surface area contributed by atoms with Crippen LogP contribution in [0, 0.1) is 0 Å². The van der Waals surface area contributed by atoms with E-state index in [1.54, 1.807) is 12.4 Å². The van der Waals surface area contributed by atoms with Crippen LogP contribution in [0.3, 0.4) is 0 Å². The zero-order valence-electron chi connectivity index (χ0n) is 9.04. The smallest absolute Gasteiger partial charge is 0.160 e. The summed E-state index contributed by atoms with van der Waals surface area (Å²) in [4.78, 5) is 3.96. The van der Waals surface area contributed by atoms with Gasteiger partial charge in [0.15, 0.2) is 5.05 Å². The first-order valence-corrected chi connectivity index (χ1v) is 5.53. The Balaban J connectivity index is 2.06. The lowest BCUT2D eigenvalue weighted by Crippen LogP contribution is -1.96. The van der Waals surface area contributed by atoms with E-state index >= 15 is 0 Å². The van der Waals surface area contributed by atoms with Crippen LogP contribution in [-0.2, 0) is 6.42 Å². The van der Waals surface area contributed by atoms with E-state index < -0.39 is 0 Å². The molecule has 0 saturated heterocycles. The molecule has 0 bridgehead atoms. The standard InChI is InChI=1S/C13H11NO2S/c15-13(17)8-10-3-5-11(6-4-10)16-12-2-1-7-14-9-12/h1-7,9H,8H2,(H,15,17). The van der Waals surface area contributed by atoms with Crippen LogP contribution in [0.25, 0.3) is 0 Å². The van der Waals surface area contributed by atoms with Gasteiger partial charge in [-0.3, -0.25) is 4.98 Å². The largest absolute Gasteiger partial charge is 0.502 e. The zero-order chi connectivity index (χ0) is 12.1. The highest BCUT2D eigenvalue weighted by Crippen LogP contribution is 2.20. The third-order valence-electron chi connectivity index (χ3n) is 2.15. The summed E-state index contributed by atoms with van der Waals surface area (Å²) < 4.78 is 5.58. The monoisotopic (exact) mass is 245 g/mol.